The van der Waals surface area contributed by atoms with E-state index in [0.717, 1.165) is 0 Å². The predicted octanol–water partition coefficient (Wildman–Crippen LogP) is 4.97. The number of rotatable bonds is 4. The molecule has 0 spiro atoms. The minimum atomic E-state index is -0.779. The standard InChI is InChI=1S/C24H18ClNO4/c1-30-19-9-5-8-16(14-19)22(27)20-21(15-6-3-2-4-7-15)26(24(29)23(20)28)18-12-10-17(25)11-13-18/h2-14,21,27H,1H3/b22-20-. The first-order valence-corrected chi connectivity index (χ1v) is 9.65. The lowest BCUT2D eigenvalue weighted by molar-refractivity contribution is -0.132. The van der Waals surface area contributed by atoms with Gasteiger partial charge in [0.05, 0.1) is 18.7 Å². The van der Waals surface area contributed by atoms with Gasteiger partial charge in [0, 0.05) is 16.3 Å². The van der Waals surface area contributed by atoms with Crippen LogP contribution in [0.1, 0.15) is 17.2 Å². The number of carbonyl (C=O) groups excluding carboxylic acids is 2. The Morgan fingerprint density at radius 1 is 0.967 bits per heavy atom. The highest BCUT2D eigenvalue weighted by molar-refractivity contribution is 6.51. The molecule has 1 heterocycles. The lowest BCUT2D eigenvalue weighted by Crippen LogP contribution is -2.29. The Balaban J connectivity index is 1.93. The third-order valence-electron chi connectivity index (χ3n) is 5.01. The summed E-state index contributed by atoms with van der Waals surface area (Å²) in [7, 11) is 1.52. The highest BCUT2D eigenvalue weighted by Gasteiger charge is 2.46. The molecule has 0 bridgehead atoms. The maximum absolute atomic E-state index is 13.0. The fraction of sp³-hybridized carbons (Fsp3) is 0.0833. The van der Waals surface area contributed by atoms with Gasteiger partial charge in [0.15, 0.2) is 0 Å². The number of hydrogen-bond donors (Lipinski definition) is 1. The highest BCUT2D eigenvalue weighted by Crippen LogP contribution is 2.42. The maximum atomic E-state index is 13.0. The molecule has 3 aromatic carbocycles. The van der Waals surface area contributed by atoms with E-state index >= 15 is 0 Å². The third-order valence-corrected chi connectivity index (χ3v) is 5.26. The van der Waals surface area contributed by atoms with Gasteiger partial charge >= 0.3 is 0 Å². The van der Waals surface area contributed by atoms with Crippen LogP contribution >= 0.6 is 11.6 Å². The molecule has 1 N–H and O–H groups in total. The predicted molar refractivity (Wildman–Crippen MR) is 116 cm³/mol. The third kappa shape index (κ3) is 3.44. The number of ether oxygens (including phenoxy) is 1. The van der Waals surface area contributed by atoms with Gasteiger partial charge in [0.2, 0.25) is 0 Å². The summed E-state index contributed by atoms with van der Waals surface area (Å²) in [5, 5.41) is 11.6. The van der Waals surface area contributed by atoms with Crippen molar-refractivity contribution in [1.29, 1.82) is 0 Å². The topological polar surface area (TPSA) is 66.8 Å². The molecule has 150 valence electrons. The molecule has 30 heavy (non-hydrogen) atoms. The van der Waals surface area contributed by atoms with E-state index in [1.807, 2.05) is 30.3 Å². The zero-order valence-electron chi connectivity index (χ0n) is 16.1. The average Bonchev–Trinajstić information content (AvgIpc) is 3.05. The highest BCUT2D eigenvalue weighted by atomic mass is 35.5. The molecule has 0 radical (unpaired) electrons. The maximum Gasteiger partial charge on any atom is 0.300 e. The van der Waals surface area contributed by atoms with Crippen LogP contribution in [0.2, 0.25) is 5.02 Å². The van der Waals surface area contributed by atoms with E-state index in [-0.39, 0.29) is 11.3 Å². The van der Waals surface area contributed by atoms with E-state index in [2.05, 4.69) is 0 Å². The molecule has 1 saturated heterocycles. The first-order valence-electron chi connectivity index (χ1n) is 9.27. The van der Waals surface area contributed by atoms with Crippen molar-refractivity contribution in [1.82, 2.24) is 0 Å². The van der Waals surface area contributed by atoms with Crippen LogP contribution in [0.3, 0.4) is 0 Å². The van der Waals surface area contributed by atoms with Gasteiger partial charge in [-0.25, -0.2) is 0 Å². The van der Waals surface area contributed by atoms with Gasteiger partial charge in [-0.15, -0.1) is 0 Å². The zero-order valence-corrected chi connectivity index (χ0v) is 16.8. The number of Topliss-reactive ketones (excluding diaryl/α,β-unsaturated/α-hetero) is 1. The van der Waals surface area contributed by atoms with Crippen LogP contribution in [0, 0.1) is 0 Å². The van der Waals surface area contributed by atoms with Crippen LogP contribution in [0.4, 0.5) is 5.69 Å². The van der Waals surface area contributed by atoms with Crippen molar-refractivity contribution in [3.8, 4) is 5.75 Å². The van der Waals surface area contributed by atoms with Crippen LogP contribution in [0.25, 0.3) is 5.76 Å². The van der Waals surface area contributed by atoms with E-state index < -0.39 is 17.7 Å². The summed E-state index contributed by atoms with van der Waals surface area (Å²) in [6.45, 7) is 0. The Labute approximate surface area is 178 Å². The molecule has 0 aliphatic carbocycles. The summed E-state index contributed by atoms with van der Waals surface area (Å²) < 4.78 is 5.22. The van der Waals surface area contributed by atoms with Gasteiger partial charge in [-0.05, 0) is 42.0 Å². The number of ketones is 1. The molecule has 1 atom stereocenters. The van der Waals surface area contributed by atoms with Crippen molar-refractivity contribution in [2.24, 2.45) is 0 Å². The number of aliphatic hydroxyl groups excluding tert-OH is 1. The number of nitrogens with zero attached hydrogens (tertiary/aromatic N) is 1. The number of halogens is 1. The number of benzene rings is 3. The molecule has 4 rings (SSSR count). The van der Waals surface area contributed by atoms with E-state index in [0.29, 0.717) is 27.6 Å². The number of methoxy groups -OCH3 is 1. The Hall–Kier alpha value is -3.57. The van der Waals surface area contributed by atoms with E-state index in [9.17, 15) is 14.7 Å². The molecular formula is C24H18ClNO4. The minimum Gasteiger partial charge on any atom is -0.507 e. The lowest BCUT2D eigenvalue weighted by Gasteiger charge is -2.25. The molecule has 1 fully saturated rings. The molecule has 0 saturated carbocycles. The number of anilines is 1. The Morgan fingerprint density at radius 2 is 1.67 bits per heavy atom. The Kier molecular flexibility index (Phi) is 5.29. The molecule has 3 aromatic rings. The second-order valence-corrected chi connectivity index (χ2v) is 7.22. The van der Waals surface area contributed by atoms with Crippen molar-refractivity contribution >= 4 is 34.7 Å². The van der Waals surface area contributed by atoms with Crippen molar-refractivity contribution in [2.45, 2.75) is 6.04 Å². The fourth-order valence-electron chi connectivity index (χ4n) is 3.58. The molecule has 5 nitrogen and oxygen atoms in total. The molecule has 6 heteroatoms. The smallest absolute Gasteiger partial charge is 0.300 e. The normalized spacial score (nSPS) is 17.9. The van der Waals surface area contributed by atoms with Crippen LogP contribution in [-0.2, 0) is 9.59 Å². The summed E-state index contributed by atoms with van der Waals surface area (Å²) in [6, 6.07) is 21.7. The molecule has 1 aliphatic rings. The first kappa shape index (κ1) is 19.7. The van der Waals surface area contributed by atoms with Gasteiger partial charge in [0.25, 0.3) is 11.7 Å². The van der Waals surface area contributed by atoms with Gasteiger partial charge in [0.1, 0.15) is 11.5 Å². The van der Waals surface area contributed by atoms with Gasteiger partial charge in [-0.3, -0.25) is 14.5 Å². The summed E-state index contributed by atoms with van der Waals surface area (Å²) in [5.74, 6) is -1.19. The number of amides is 1. The largest absolute Gasteiger partial charge is 0.507 e. The number of hydrogen-bond acceptors (Lipinski definition) is 4. The monoisotopic (exact) mass is 419 g/mol. The summed E-state index contributed by atoms with van der Waals surface area (Å²) in [6.07, 6.45) is 0. The Morgan fingerprint density at radius 3 is 2.33 bits per heavy atom. The molecule has 0 aromatic heterocycles. The van der Waals surface area contributed by atoms with Crippen LogP contribution in [-0.4, -0.2) is 23.9 Å². The van der Waals surface area contributed by atoms with Crippen LogP contribution in [0.5, 0.6) is 5.75 Å². The summed E-state index contributed by atoms with van der Waals surface area (Å²) >= 11 is 5.99. The van der Waals surface area contributed by atoms with E-state index in [1.54, 1.807) is 48.5 Å². The second kappa shape index (κ2) is 8.05. The van der Waals surface area contributed by atoms with Gasteiger partial charge < -0.3 is 9.84 Å². The van der Waals surface area contributed by atoms with Crippen LogP contribution < -0.4 is 9.64 Å². The lowest BCUT2D eigenvalue weighted by atomic mass is 9.95. The van der Waals surface area contributed by atoms with Crippen molar-refractivity contribution < 1.29 is 19.4 Å². The first-order chi connectivity index (χ1) is 14.5. The quantitative estimate of drug-likeness (QED) is 0.368. The second-order valence-electron chi connectivity index (χ2n) is 6.79. The van der Waals surface area contributed by atoms with Gasteiger partial charge in [-0.1, -0.05) is 54.1 Å². The van der Waals surface area contributed by atoms with E-state index in [1.165, 1.54) is 12.0 Å². The fourth-order valence-corrected chi connectivity index (χ4v) is 3.70. The van der Waals surface area contributed by atoms with Crippen molar-refractivity contribution in [2.75, 3.05) is 12.0 Å². The molecule has 1 unspecified atom stereocenters. The Bertz CT molecular complexity index is 1140. The van der Waals surface area contributed by atoms with Crippen LogP contribution in [0.15, 0.2) is 84.4 Å². The van der Waals surface area contributed by atoms with Crippen molar-refractivity contribution in [3.63, 3.8) is 0 Å². The van der Waals surface area contributed by atoms with Gasteiger partial charge in [-0.2, -0.15) is 0 Å². The average molecular weight is 420 g/mol. The molecule has 1 amide bonds. The molecular weight excluding hydrogens is 402 g/mol. The summed E-state index contributed by atoms with van der Waals surface area (Å²) in [5.41, 5.74) is 1.63. The van der Waals surface area contributed by atoms with E-state index in [4.69, 9.17) is 16.3 Å². The number of aliphatic hydroxyl groups is 1. The zero-order chi connectivity index (χ0) is 21.3. The number of carbonyl (C=O) groups is 2. The molecule has 1 aliphatic heterocycles. The SMILES string of the molecule is COc1cccc(/C(O)=C2/C(=O)C(=O)N(c3ccc(Cl)cc3)C2c2ccccc2)c1. The minimum absolute atomic E-state index is 0.0226. The summed E-state index contributed by atoms with van der Waals surface area (Å²) in [4.78, 5) is 27.4. The van der Waals surface area contributed by atoms with Crippen molar-refractivity contribution in [3.05, 3.63) is 101 Å².